The Kier molecular flexibility index (Phi) is 15.7. The van der Waals surface area contributed by atoms with E-state index in [0.717, 1.165) is 97.4 Å². The first kappa shape index (κ1) is 35.7. The number of hydrogen-bond acceptors (Lipinski definition) is 10. The first-order valence-corrected chi connectivity index (χ1v) is 16.0. The van der Waals surface area contributed by atoms with Crippen LogP contribution in [-0.2, 0) is 0 Å². The molecule has 10 nitrogen and oxygen atoms in total. The molecule has 0 unspecified atom stereocenters. The van der Waals surface area contributed by atoms with Gasteiger partial charge in [-0.05, 0) is 123 Å². The maximum absolute atomic E-state index is 9.33. The summed E-state index contributed by atoms with van der Waals surface area (Å²) in [5, 5.41) is 25.4. The lowest BCUT2D eigenvalue weighted by molar-refractivity contribution is 0.299. The number of unbranched alkanes of at least 4 members (excludes halogenated alkanes) is 2. The Balaban J connectivity index is 0.000000259. The molecule has 46 heavy (non-hydrogen) atoms. The molecule has 0 aliphatic rings. The standard InChI is InChI=1S/C20H30N4O2.C16H22N4/c21-17-3-7-19(8-4-17)23(13-15-25)11-1-2-12-24(14-16-26)20-9-5-18(22)6-10-20;17-13-3-7-15(8-4-13)19-11-1-2-12-20-16-9-5-14(18)6-10-16/h3-10,25-26H,1-2,11-16,21-22H2;3-10,19-20H,1-2,11-12,17-18H2. The second-order valence-corrected chi connectivity index (χ2v) is 11.1. The lowest BCUT2D eigenvalue weighted by atomic mass is 10.2. The molecule has 0 heterocycles. The third-order valence-electron chi connectivity index (χ3n) is 7.45. The fourth-order valence-electron chi connectivity index (χ4n) is 4.87. The Morgan fingerprint density at radius 1 is 0.413 bits per heavy atom. The van der Waals surface area contributed by atoms with E-state index in [9.17, 15) is 10.2 Å². The van der Waals surface area contributed by atoms with Crippen molar-refractivity contribution in [1.29, 1.82) is 0 Å². The van der Waals surface area contributed by atoms with Crippen molar-refractivity contribution in [2.75, 3.05) is 95.9 Å². The van der Waals surface area contributed by atoms with Crippen LogP contribution in [0.1, 0.15) is 25.7 Å². The summed E-state index contributed by atoms with van der Waals surface area (Å²) in [7, 11) is 0. The number of rotatable bonds is 18. The fraction of sp³-hybridized carbons (Fsp3) is 0.333. The molecule has 0 bridgehead atoms. The molecule has 0 amide bonds. The predicted octanol–water partition coefficient (Wildman–Crippen LogP) is 5.08. The zero-order chi connectivity index (χ0) is 33.0. The highest BCUT2D eigenvalue weighted by atomic mass is 16.3. The van der Waals surface area contributed by atoms with Crippen LogP contribution >= 0.6 is 0 Å². The van der Waals surface area contributed by atoms with Gasteiger partial charge in [-0.25, -0.2) is 0 Å². The minimum atomic E-state index is 0.118. The summed E-state index contributed by atoms with van der Waals surface area (Å²) in [5.41, 5.74) is 30.2. The minimum Gasteiger partial charge on any atom is -0.399 e. The van der Waals surface area contributed by atoms with E-state index in [-0.39, 0.29) is 13.2 Å². The van der Waals surface area contributed by atoms with E-state index < -0.39 is 0 Å². The molecule has 4 rings (SSSR count). The molecule has 0 aromatic heterocycles. The van der Waals surface area contributed by atoms with Gasteiger partial charge < -0.3 is 53.6 Å². The normalized spacial score (nSPS) is 10.5. The number of nitrogens with two attached hydrogens (primary N) is 4. The molecule has 0 radical (unpaired) electrons. The van der Waals surface area contributed by atoms with E-state index in [0.29, 0.717) is 13.1 Å². The number of aliphatic hydroxyl groups is 2. The molecular formula is C36H52N8O2. The first-order valence-electron chi connectivity index (χ1n) is 16.0. The number of nitrogens with zero attached hydrogens (tertiary/aromatic N) is 2. The molecule has 0 saturated heterocycles. The van der Waals surface area contributed by atoms with Crippen LogP contribution in [0.3, 0.4) is 0 Å². The summed E-state index contributed by atoms with van der Waals surface area (Å²) in [6, 6.07) is 31.1. The van der Waals surface area contributed by atoms with Crippen LogP contribution in [0, 0.1) is 0 Å². The van der Waals surface area contributed by atoms with Gasteiger partial charge in [0.15, 0.2) is 0 Å². The average molecular weight is 629 g/mol. The molecule has 0 spiro atoms. The molecule has 0 aliphatic heterocycles. The molecule has 248 valence electrons. The van der Waals surface area contributed by atoms with E-state index in [4.69, 9.17) is 22.9 Å². The van der Waals surface area contributed by atoms with Gasteiger partial charge in [0, 0.05) is 84.8 Å². The number of benzene rings is 4. The lowest BCUT2D eigenvalue weighted by Gasteiger charge is -2.26. The maximum Gasteiger partial charge on any atom is 0.0606 e. The topological polar surface area (TPSA) is 175 Å². The monoisotopic (exact) mass is 628 g/mol. The maximum atomic E-state index is 9.33. The van der Waals surface area contributed by atoms with Crippen LogP contribution in [0.15, 0.2) is 97.1 Å². The highest BCUT2D eigenvalue weighted by Crippen LogP contribution is 2.19. The molecule has 4 aromatic carbocycles. The number of anilines is 8. The van der Waals surface area contributed by atoms with Crippen molar-refractivity contribution in [2.24, 2.45) is 0 Å². The Morgan fingerprint density at radius 2 is 0.717 bits per heavy atom. The highest BCUT2D eigenvalue weighted by molar-refractivity contribution is 5.55. The van der Waals surface area contributed by atoms with Crippen molar-refractivity contribution >= 4 is 45.5 Å². The van der Waals surface area contributed by atoms with Crippen molar-refractivity contribution in [3.05, 3.63) is 97.1 Å². The Labute approximate surface area is 274 Å². The van der Waals surface area contributed by atoms with E-state index >= 15 is 0 Å². The Morgan fingerprint density at radius 3 is 1.02 bits per heavy atom. The van der Waals surface area contributed by atoms with Crippen LogP contribution in [0.25, 0.3) is 0 Å². The van der Waals surface area contributed by atoms with Crippen LogP contribution < -0.4 is 43.4 Å². The van der Waals surface area contributed by atoms with Crippen LogP contribution in [0.4, 0.5) is 45.5 Å². The van der Waals surface area contributed by atoms with Crippen molar-refractivity contribution in [2.45, 2.75) is 25.7 Å². The summed E-state index contributed by atoms with van der Waals surface area (Å²) >= 11 is 0. The summed E-state index contributed by atoms with van der Waals surface area (Å²) in [6.07, 6.45) is 4.21. The molecule has 0 saturated carbocycles. The van der Waals surface area contributed by atoms with Gasteiger partial charge in [-0.2, -0.15) is 0 Å². The number of hydrogen-bond donors (Lipinski definition) is 8. The van der Waals surface area contributed by atoms with E-state index in [1.165, 1.54) is 0 Å². The molecule has 10 heteroatoms. The summed E-state index contributed by atoms with van der Waals surface area (Å²) < 4.78 is 0. The zero-order valence-electron chi connectivity index (χ0n) is 26.8. The summed E-state index contributed by atoms with van der Waals surface area (Å²) in [6.45, 7) is 5.09. The number of nitrogen functional groups attached to an aromatic ring is 4. The van der Waals surface area contributed by atoms with Gasteiger partial charge in [-0.1, -0.05) is 0 Å². The smallest absolute Gasteiger partial charge is 0.0606 e. The van der Waals surface area contributed by atoms with E-state index in [1.807, 2.05) is 97.1 Å². The summed E-state index contributed by atoms with van der Waals surface area (Å²) in [4.78, 5) is 4.33. The Bertz CT molecular complexity index is 1240. The fourth-order valence-corrected chi connectivity index (χ4v) is 4.87. The van der Waals surface area contributed by atoms with Gasteiger partial charge in [0.05, 0.1) is 13.2 Å². The minimum absolute atomic E-state index is 0.118. The van der Waals surface area contributed by atoms with Crippen LogP contribution in [0.5, 0.6) is 0 Å². The van der Waals surface area contributed by atoms with Gasteiger partial charge in [0.1, 0.15) is 0 Å². The van der Waals surface area contributed by atoms with Crippen LogP contribution in [0.2, 0.25) is 0 Å². The van der Waals surface area contributed by atoms with Gasteiger partial charge >= 0.3 is 0 Å². The molecule has 4 aromatic rings. The summed E-state index contributed by atoms with van der Waals surface area (Å²) in [5.74, 6) is 0. The van der Waals surface area contributed by atoms with E-state index in [2.05, 4.69) is 20.4 Å². The second kappa shape index (κ2) is 20.3. The molecule has 0 fully saturated rings. The highest BCUT2D eigenvalue weighted by Gasteiger charge is 2.09. The largest absolute Gasteiger partial charge is 0.399 e. The van der Waals surface area contributed by atoms with Gasteiger partial charge in [-0.15, -0.1) is 0 Å². The van der Waals surface area contributed by atoms with E-state index in [1.54, 1.807) is 0 Å². The van der Waals surface area contributed by atoms with Crippen molar-refractivity contribution in [1.82, 2.24) is 0 Å². The van der Waals surface area contributed by atoms with Gasteiger partial charge in [0.2, 0.25) is 0 Å². The van der Waals surface area contributed by atoms with Gasteiger partial charge in [0.25, 0.3) is 0 Å². The SMILES string of the molecule is Nc1ccc(N(CCO)CCCCN(CCO)c2ccc(N)cc2)cc1.Nc1ccc(NCCCCNc2ccc(N)cc2)cc1. The molecule has 0 aliphatic carbocycles. The van der Waals surface area contributed by atoms with Crippen molar-refractivity contribution in [3.63, 3.8) is 0 Å². The Hall–Kier alpha value is -4.80. The average Bonchev–Trinajstić information content (AvgIpc) is 3.06. The first-order chi connectivity index (χ1) is 22.4. The third kappa shape index (κ3) is 13.5. The quantitative estimate of drug-likeness (QED) is 0.0548. The third-order valence-corrected chi connectivity index (χ3v) is 7.45. The molecule has 0 atom stereocenters. The lowest BCUT2D eigenvalue weighted by Crippen LogP contribution is -2.30. The predicted molar refractivity (Wildman–Crippen MR) is 197 cm³/mol. The van der Waals surface area contributed by atoms with Crippen molar-refractivity contribution < 1.29 is 10.2 Å². The van der Waals surface area contributed by atoms with Crippen molar-refractivity contribution in [3.8, 4) is 0 Å². The van der Waals surface area contributed by atoms with Gasteiger partial charge in [-0.3, -0.25) is 0 Å². The number of aliphatic hydroxyl groups excluding tert-OH is 2. The molecular weight excluding hydrogens is 576 g/mol. The second-order valence-electron chi connectivity index (χ2n) is 11.1. The zero-order valence-corrected chi connectivity index (χ0v) is 26.8. The number of nitrogens with one attached hydrogen (secondary N) is 2. The van der Waals surface area contributed by atoms with Crippen LogP contribution in [-0.4, -0.2) is 62.7 Å². The molecule has 12 N–H and O–H groups in total.